The third-order valence-electron chi connectivity index (χ3n) is 2.60. The van der Waals surface area contributed by atoms with Crippen molar-refractivity contribution in [1.29, 1.82) is 0 Å². The van der Waals surface area contributed by atoms with Crippen molar-refractivity contribution < 1.29 is 4.79 Å². The molecular weight excluding hydrogens is 228 g/mol. The van der Waals surface area contributed by atoms with Crippen LogP contribution in [0, 0.1) is 0 Å². The van der Waals surface area contributed by atoms with E-state index < -0.39 is 0 Å². The highest BCUT2D eigenvalue weighted by Gasteiger charge is 2.10. The second-order valence-corrected chi connectivity index (χ2v) is 3.79. The van der Waals surface area contributed by atoms with Gasteiger partial charge < -0.3 is 5.32 Å². The van der Waals surface area contributed by atoms with E-state index in [1.54, 1.807) is 24.4 Å². The average molecular weight is 238 g/mol. The maximum absolute atomic E-state index is 12.0. The fourth-order valence-electron chi connectivity index (χ4n) is 1.72. The molecule has 0 atom stereocenters. The first-order chi connectivity index (χ1) is 8.84. The molecule has 1 amide bonds. The van der Waals surface area contributed by atoms with E-state index in [1.165, 1.54) is 0 Å². The number of anilines is 1. The van der Waals surface area contributed by atoms with Gasteiger partial charge in [0.2, 0.25) is 0 Å². The molecule has 5 nitrogen and oxygen atoms in total. The number of carbonyl (C=O) groups excluding carboxylic acids is 1. The Balaban J connectivity index is 1.91. The Bertz CT molecular complexity index is 690. The minimum Gasteiger partial charge on any atom is -0.306 e. The zero-order valence-electron chi connectivity index (χ0n) is 9.42. The summed E-state index contributed by atoms with van der Waals surface area (Å²) in [7, 11) is 0. The minimum atomic E-state index is -0.176. The highest BCUT2D eigenvalue weighted by Crippen LogP contribution is 2.18. The summed E-state index contributed by atoms with van der Waals surface area (Å²) in [5.74, 6) is 0.386. The smallest absolute Gasteiger partial charge is 0.256 e. The van der Waals surface area contributed by atoms with Gasteiger partial charge in [-0.05, 0) is 24.3 Å². The lowest BCUT2D eigenvalue weighted by Crippen LogP contribution is -2.12. The van der Waals surface area contributed by atoms with Crippen LogP contribution in [0.4, 0.5) is 5.82 Å². The molecular formula is C13H10N4O. The summed E-state index contributed by atoms with van der Waals surface area (Å²) in [6.07, 6.45) is 1.66. The van der Waals surface area contributed by atoms with Gasteiger partial charge in [0.1, 0.15) is 5.82 Å². The molecule has 18 heavy (non-hydrogen) atoms. The van der Waals surface area contributed by atoms with Gasteiger partial charge in [-0.1, -0.05) is 18.2 Å². The molecule has 2 aromatic heterocycles. The third kappa shape index (κ3) is 1.82. The number of aromatic nitrogens is 3. The largest absolute Gasteiger partial charge is 0.306 e. The molecule has 0 aliphatic rings. The molecule has 0 bridgehead atoms. The number of nitrogens with zero attached hydrogens (tertiary/aromatic N) is 2. The topological polar surface area (TPSA) is 70.7 Å². The summed E-state index contributed by atoms with van der Waals surface area (Å²) in [5, 5.41) is 10.4. The number of H-pyrrole nitrogens is 1. The number of rotatable bonds is 2. The van der Waals surface area contributed by atoms with E-state index in [0.717, 1.165) is 5.39 Å². The first kappa shape index (κ1) is 10.5. The van der Waals surface area contributed by atoms with E-state index in [0.29, 0.717) is 17.0 Å². The lowest BCUT2D eigenvalue weighted by atomic mass is 10.2. The molecule has 0 radical (unpaired) electrons. The molecule has 3 rings (SSSR count). The number of amides is 1. The van der Waals surface area contributed by atoms with Crippen molar-refractivity contribution in [2.24, 2.45) is 0 Å². The molecule has 2 heterocycles. The van der Waals surface area contributed by atoms with Crippen LogP contribution in [0.5, 0.6) is 0 Å². The summed E-state index contributed by atoms with van der Waals surface area (Å²) < 4.78 is 0. The number of hydrogen-bond donors (Lipinski definition) is 2. The van der Waals surface area contributed by atoms with Gasteiger partial charge in [0.25, 0.3) is 5.91 Å². The second kappa shape index (κ2) is 4.29. The number of pyridine rings is 1. The van der Waals surface area contributed by atoms with Gasteiger partial charge >= 0.3 is 0 Å². The van der Waals surface area contributed by atoms with Crippen LogP contribution in [0.2, 0.25) is 0 Å². The monoisotopic (exact) mass is 238 g/mol. The summed E-state index contributed by atoms with van der Waals surface area (Å²) in [4.78, 5) is 16.1. The Hall–Kier alpha value is -2.69. The molecule has 88 valence electrons. The fourth-order valence-corrected chi connectivity index (χ4v) is 1.72. The highest BCUT2D eigenvalue weighted by atomic mass is 16.1. The number of aromatic amines is 1. The van der Waals surface area contributed by atoms with Crippen LogP contribution in [0.25, 0.3) is 11.0 Å². The van der Waals surface area contributed by atoms with Crippen molar-refractivity contribution in [2.45, 2.75) is 0 Å². The molecule has 0 saturated carbocycles. The average Bonchev–Trinajstić information content (AvgIpc) is 2.83. The number of nitrogens with one attached hydrogen (secondary N) is 2. The Labute approximate surface area is 103 Å². The Morgan fingerprint density at radius 3 is 2.78 bits per heavy atom. The van der Waals surface area contributed by atoms with Crippen molar-refractivity contribution in [1.82, 2.24) is 15.2 Å². The summed E-state index contributed by atoms with van der Waals surface area (Å²) in [5.41, 5.74) is 1.19. The molecule has 0 aliphatic heterocycles. The molecule has 0 unspecified atom stereocenters. The molecule has 0 saturated heterocycles. The van der Waals surface area contributed by atoms with Crippen LogP contribution in [-0.2, 0) is 0 Å². The summed E-state index contributed by atoms with van der Waals surface area (Å²) in [6, 6.07) is 12.7. The summed E-state index contributed by atoms with van der Waals surface area (Å²) >= 11 is 0. The van der Waals surface area contributed by atoms with Crippen molar-refractivity contribution in [3.8, 4) is 0 Å². The predicted molar refractivity (Wildman–Crippen MR) is 68.3 cm³/mol. The van der Waals surface area contributed by atoms with E-state index in [9.17, 15) is 4.79 Å². The Morgan fingerprint density at radius 2 is 1.94 bits per heavy atom. The Morgan fingerprint density at radius 1 is 1.11 bits per heavy atom. The van der Waals surface area contributed by atoms with Gasteiger partial charge in [0.15, 0.2) is 5.65 Å². The lowest BCUT2D eigenvalue weighted by Gasteiger charge is -2.02. The molecule has 0 fully saturated rings. The number of hydrogen-bond acceptors (Lipinski definition) is 3. The van der Waals surface area contributed by atoms with Crippen LogP contribution in [0.3, 0.4) is 0 Å². The maximum atomic E-state index is 12.0. The van der Waals surface area contributed by atoms with E-state index in [1.807, 2.05) is 24.3 Å². The van der Waals surface area contributed by atoms with Crippen LogP contribution in [0.15, 0.2) is 48.7 Å². The molecule has 1 aromatic carbocycles. The number of benzene rings is 1. The fraction of sp³-hybridized carbons (Fsp3) is 0. The number of carbonyl (C=O) groups is 1. The standard InChI is InChI=1S/C13H10N4O/c18-13(9-5-2-1-3-6-9)15-12-10-7-4-8-14-11(10)16-17-12/h1-8H,(H2,14,15,16,17,18). The van der Waals surface area contributed by atoms with E-state index in [4.69, 9.17) is 0 Å². The van der Waals surface area contributed by atoms with E-state index in [-0.39, 0.29) is 5.91 Å². The minimum absolute atomic E-state index is 0.176. The molecule has 5 heteroatoms. The van der Waals surface area contributed by atoms with Gasteiger partial charge in [-0.25, -0.2) is 4.98 Å². The normalized spacial score (nSPS) is 10.4. The first-order valence-electron chi connectivity index (χ1n) is 5.50. The van der Waals surface area contributed by atoms with Crippen LogP contribution in [-0.4, -0.2) is 21.1 Å². The lowest BCUT2D eigenvalue weighted by molar-refractivity contribution is 0.102. The third-order valence-corrected chi connectivity index (χ3v) is 2.60. The van der Waals surface area contributed by atoms with Gasteiger partial charge in [-0.15, -0.1) is 0 Å². The Kier molecular flexibility index (Phi) is 2.49. The number of fused-ring (bicyclic) bond motifs is 1. The van der Waals surface area contributed by atoms with Crippen molar-refractivity contribution >= 4 is 22.8 Å². The molecule has 2 N–H and O–H groups in total. The van der Waals surface area contributed by atoms with Gasteiger partial charge in [0, 0.05) is 11.8 Å². The van der Waals surface area contributed by atoms with Crippen molar-refractivity contribution in [3.63, 3.8) is 0 Å². The maximum Gasteiger partial charge on any atom is 0.256 e. The van der Waals surface area contributed by atoms with E-state index in [2.05, 4.69) is 20.5 Å². The molecule has 0 aliphatic carbocycles. The van der Waals surface area contributed by atoms with Crippen LogP contribution < -0.4 is 5.32 Å². The molecule has 3 aromatic rings. The quantitative estimate of drug-likeness (QED) is 0.719. The van der Waals surface area contributed by atoms with Crippen molar-refractivity contribution in [3.05, 3.63) is 54.2 Å². The zero-order valence-corrected chi connectivity index (χ0v) is 9.42. The van der Waals surface area contributed by atoms with Gasteiger partial charge in [-0.3, -0.25) is 9.89 Å². The van der Waals surface area contributed by atoms with Gasteiger partial charge in [-0.2, -0.15) is 5.10 Å². The van der Waals surface area contributed by atoms with Crippen LogP contribution in [0.1, 0.15) is 10.4 Å². The van der Waals surface area contributed by atoms with Crippen molar-refractivity contribution in [2.75, 3.05) is 5.32 Å². The predicted octanol–water partition coefficient (Wildman–Crippen LogP) is 2.21. The zero-order chi connectivity index (χ0) is 12.4. The SMILES string of the molecule is O=C(Nc1[nH]nc2ncccc12)c1ccccc1. The van der Waals surface area contributed by atoms with E-state index >= 15 is 0 Å². The highest BCUT2D eigenvalue weighted by molar-refractivity contribution is 6.07. The second-order valence-electron chi connectivity index (χ2n) is 3.79. The van der Waals surface area contributed by atoms with Gasteiger partial charge in [0.05, 0.1) is 5.39 Å². The first-order valence-corrected chi connectivity index (χ1v) is 5.50. The summed E-state index contributed by atoms with van der Waals surface area (Å²) in [6.45, 7) is 0. The molecule has 0 spiro atoms. The van der Waals surface area contributed by atoms with Crippen LogP contribution >= 0.6 is 0 Å².